The van der Waals surface area contributed by atoms with Crippen molar-refractivity contribution in [1.29, 1.82) is 0 Å². The third kappa shape index (κ3) is 4.49. The maximum atomic E-state index is 12.8. The van der Waals surface area contributed by atoms with Crippen molar-refractivity contribution < 1.29 is 17.9 Å². The predicted octanol–water partition coefficient (Wildman–Crippen LogP) is 2.79. The Kier molecular flexibility index (Phi) is 5.96. The lowest BCUT2D eigenvalue weighted by Gasteiger charge is -2.17. The highest BCUT2D eigenvalue weighted by molar-refractivity contribution is 7.89. The van der Waals surface area contributed by atoms with E-state index in [1.54, 1.807) is 37.4 Å². The summed E-state index contributed by atoms with van der Waals surface area (Å²) >= 11 is 0. The molecule has 0 bridgehead atoms. The van der Waals surface area contributed by atoms with Gasteiger partial charge >= 0.3 is 0 Å². The fraction of sp³-hybridized carbons (Fsp3) is 0.190. The van der Waals surface area contributed by atoms with Crippen LogP contribution >= 0.6 is 0 Å². The summed E-state index contributed by atoms with van der Waals surface area (Å²) in [4.78, 5) is 12.4. The van der Waals surface area contributed by atoms with Gasteiger partial charge in [-0.25, -0.2) is 8.42 Å². The second kappa shape index (κ2) is 8.41. The van der Waals surface area contributed by atoms with Gasteiger partial charge < -0.3 is 10.1 Å². The Morgan fingerprint density at radius 1 is 1.00 bits per heavy atom. The summed E-state index contributed by atoms with van der Waals surface area (Å²) in [5.74, 6) is 0.360. The standard InChI is InChI=1S/C21H22N2O4S/c1-23(15-21(24)22-14-16-7-10-19(27-2)11-8-16)28(25,26)20-12-9-17-5-3-4-6-18(17)13-20/h3-13H,14-15H2,1-2H3,(H,22,24). The molecule has 3 aromatic carbocycles. The molecule has 3 aromatic rings. The van der Waals surface area contributed by atoms with E-state index in [1.807, 2.05) is 36.4 Å². The molecule has 0 radical (unpaired) electrons. The van der Waals surface area contributed by atoms with Gasteiger partial charge in [0, 0.05) is 13.6 Å². The zero-order valence-corrected chi connectivity index (χ0v) is 16.6. The second-order valence-corrected chi connectivity index (χ2v) is 8.44. The molecule has 0 aliphatic rings. The van der Waals surface area contributed by atoms with Crippen LogP contribution in [0.1, 0.15) is 5.56 Å². The number of hydrogen-bond donors (Lipinski definition) is 1. The average molecular weight is 398 g/mol. The van der Waals surface area contributed by atoms with Crippen molar-refractivity contribution in [1.82, 2.24) is 9.62 Å². The minimum absolute atomic E-state index is 0.164. The normalized spacial score (nSPS) is 11.5. The number of carbonyl (C=O) groups is 1. The van der Waals surface area contributed by atoms with E-state index < -0.39 is 10.0 Å². The van der Waals surface area contributed by atoms with Gasteiger partial charge in [0.2, 0.25) is 15.9 Å². The van der Waals surface area contributed by atoms with Crippen LogP contribution in [-0.4, -0.2) is 39.3 Å². The number of fused-ring (bicyclic) bond motifs is 1. The average Bonchev–Trinajstić information content (AvgIpc) is 2.72. The smallest absolute Gasteiger partial charge is 0.243 e. The second-order valence-electron chi connectivity index (χ2n) is 6.39. The first-order valence-corrected chi connectivity index (χ1v) is 10.2. The fourth-order valence-corrected chi connectivity index (χ4v) is 3.96. The van der Waals surface area contributed by atoms with Gasteiger partial charge in [0.1, 0.15) is 5.75 Å². The third-order valence-corrected chi connectivity index (χ3v) is 6.24. The van der Waals surface area contributed by atoms with Gasteiger partial charge in [0.15, 0.2) is 0 Å². The molecule has 28 heavy (non-hydrogen) atoms. The molecule has 0 heterocycles. The first-order valence-electron chi connectivity index (χ1n) is 8.75. The number of likely N-dealkylation sites (N-methyl/N-ethyl adjacent to an activating group) is 1. The van der Waals surface area contributed by atoms with E-state index in [2.05, 4.69) is 5.32 Å². The van der Waals surface area contributed by atoms with Crippen LogP contribution in [0.3, 0.4) is 0 Å². The number of nitrogens with zero attached hydrogens (tertiary/aromatic N) is 1. The first kappa shape index (κ1) is 19.9. The largest absolute Gasteiger partial charge is 0.497 e. The highest BCUT2D eigenvalue weighted by Gasteiger charge is 2.23. The number of hydrogen-bond acceptors (Lipinski definition) is 4. The van der Waals surface area contributed by atoms with E-state index in [0.717, 1.165) is 26.4 Å². The number of carbonyl (C=O) groups excluding carboxylic acids is 1. The van der Waals surface area contributed by atoms with Crippen molar-refractivity contribution in [2.45, 2.75) is 11.4 Å². The SMILES string of the molecule is COc1ccc(CNC(=O)CN(C)S(=O)(=O)c2ccc3ccccc3c2)cc1. The molecule has 0 fully saturated rings. The number of amides is 1. The molecule has 1 N–H and O–H groups in total. The Bertz CT molecular complexity index is 1080. The topological polar surface area (TPSA) is 75.7 Å². The number of ether oxygens (including phenoxy) is 1. The van der Waals surface area contributed by atoms with Crippen LogP contribution in [-0.2, 0) is 21.4 Å². The summed E-state index contributed by atoms with van der Waals surface area (Å²) in [5, 5.41) is 4.53. The fourth-order valence-electron chi connectivity index (χ4n) is 2.79. The lowest BCUT2D eigenvalue weighted by Crippen LogP contribution is -2.38. The summed E-state index contributed by atoms with van der Waals surface area (Å²) < 4.78 is 31.7. The van der Waals surface area contributed by atoms with Crippen molar-refractivity contribution >= 4 is 26.7 Å². The number of nitrogens with one attached hydrogen (secondary N) is 1. The quantitative estimate of drug-likeness (QED) is 0.664. The van der Waals surface area contributed by atoms with Gasteiger partial charge in [-0.05, 0) is 40.6 Å². The zero-order chi connectivity index (χ0) is 20.1. The van der Waals surface area contributed by atoms with Crippen LogP contribution in [0.2, 0.25) is 0 Å². The van der Waals surface area contributed by atoms with E-state index >= 15 is 0 Å². The molecule has 0 spiro atoms. The zero-order valence-electron chi connectivity index (χ0n) is 15.8. The molecule has 0 aliphatic heterocycles. The van der Waals surface area contributed by atoms with Gasteiger partial charge in [0.25, 0.3) is 0 Å². The van der Waals surface area contributed by atoms with Gasteiger partial charge in [0.05, 0.1) is 18.6 Å². The highest BCUT2D eigenvalue weighted by atomic mass is 32.2. The number of sulfonamides is 1. The number of benzene rings is 3. The summed E-state index contributed by atoms with van der Waals surface area (Å²) in [6, 6.07) is 19.8. The molecule has 1 amide bonds. The number of rotatable bonds is 7. The number of methoxy groups -OCH3 is 1. The molecule has 6 nitrogen and oxygen atoms in total. The molecule has 0 aromatic heterocycles. The van der Waals surface area contributed by atoms with Gasteiger partial charge in [-0.2, -0.15) is 4.31 Å². The van der Waals surface area contributed by atoms with Crippen molar-refractivity contribution in [2.75, 3.05) is 20.7 Å². The van der Waals surface area contributed by atoms with Crippen LogP contribution in [0.5, 0.6) is 5.75 Å². The maximum absolute atomic E-state index is 12.8. The summed E-state index contributed by atoms with van der Waals surface area (Å²) in [7, 11) is -0.775. The summed E-state index contributed by atoms with van der Waals surface area (Å²) in [5.41, 5.74) is 0.897. The monoisotopic (exact) mass is 398 g/mol. The summed E-state index contributed by atoms with van der Waals surface area (Å²) in [6.45, 7) is 0.0536. The predicted molar refractivity (Wildman–Crippen MR) is 109 cm³/mol. The Morgan fingerprint density at radius 3 is 2.36 bits per heavy atom. The van der Waals surface area contributed by atoms with Crippen LogP contribution in [0.4, 0.5) is 0 Å². The van der Waals surface area contributed by atoms with Crippen molar-refractivity contribution in [2.24, 2.45) is 0 Å². The first-order chi connectivity index (χ1) is 13.4. The minimum Gasteiger partial charge on any atom is -0.497 e. The van der Waals surface area contributed by atoms with Crippen LogP contribution in [0.25, 0.3) is 10.8 Å². The Labute approximate surface area is 164 Å². The van der Waals surface area contributed by atoms with Crippen molar-refractivity contribution in [3.05, 3.63) is 72.3 Å². The van der Waals surface area contributed by atoms with E-state index in [1.165, 1.54) is 7.05 Å². The van der Waals surface area contributed by atoms with E-state index in [9.17, 15) is 13.2 Å². The third-order valence-electron chi connectivity index (χ3n) is 4.44. The molecule has 146 valence electrons. The molecule has 0 unspecified atom stereocenters. The molecular weight excluding hydrogens is 376 g/mol. The van der Waals surface area contributed by atoms with Crippen LogP contribution in [0, 0.1) is 0 Å². The van der Waals surface area contributed by atoms with Crippen molar-refractivity contribution in [3.8, 4) is 5.75 Å². The van der Waals surface area contributed by atoms with Crippen LogP contribution < -0.4 is 10.1 Å². The molecule has 0 saturated carbocycles. The molecule has 7 heteroatoms. The lowest BCUT2D eigenvalue weighted by atomic mass is 10.1. The van der Waals surface area contributed by atoms with Gasteiger partial charge in [-0.15, -0.1) is 0 Å². The van der Waals surface area contributed by atoms with Gasteiger partial charge in [-0.3, -0.25) is 4.79 Å². The molecular formula is C21H22N2O4S. The van der Waals surface area contributed by atoms with E-state index in [4.69, 9.17) is 4.74 Å². The van der Waals surface area contributed by atoms with E-state index in [0.29, 0.717) is 6.54 Å². The van der Waals surface area contributed by atoms with Gasteiger partial charge in [-0.1, -0.05) is 42.5 Å². The van der Waals surface area contributed by atoms with Crippen LogP contribution in [0.15, 0.2) is 71.6 Å². The lowest BCUT2D eigenvalue weighted by molar-refractivity contribution is -0.121. The molecule has 0 saturated heterocycles. The molecule has 0 aliphatic carbocycles. The Morgan fingerprint density at radius 2 is 1.68 bits per heavy atom. The molecule has 3 rings (SSSR count). The maximum Gasteiger partial charge on any atom is 0.243 e. The van der Waals surface area contributed by atoms with E-state index in [-0.39, 0.29) is 17.3 Å². The highest BCUT2D eigenvalue weighted by Crippen LogP contribution is 2.21. The minimum atomic E-state index is -3.76. The molecule has 0 atom stereocenters. The Balaban J connectivity index is 1.64. The van der Waals surface area contributed by atoms with Crippen molar-refractivity contribution in [3.63, 3.8) is 0 Å². The summed E-state index contributed by atoms with van der Waals surface area (Å²) in [6.07, 6.45) is 0. The Hall–Kier alpha value is -2.90.